The first kappa shape index (κ1) is 18.7. The number of ether oxygens (including phenoxy) is 1. The third-order valence-corrected chi connectivity index (χ3v) is 4.53. The van der Waals surface area contributed by atoms with Crippen molar-refractivity contribution in [2.45, 2.75) is 52.8 Å². The largest absolute Gasteiger partial charge is 0.367 e. The van der Waals surface area contributed by atoms with Crippen LogP contribution in [0.2, 0.25) is 0 Å². The third kappa shape index (κ3) is 4.93. The highest BCUT2D eigenvalue weighted by Crippen LogP contribution is 2.28. The molecule has 0 saturated carbocycles. The summed E-state index contributed by atoms with van der Waals surface area (Å²) >= 11 is 0. The molecule has 0 amide bonds. The van der Waals surface area contributed by atoms with Crippen LogP contribution in [0.5, 0.6) is 0 Å². The minimum atomic E-state index is -0.00595. The lowest BCUT2D eigenvalue weighted by Crippen LogP contribution is -2.39. The van der Waals surface area contributed by atoms with Crippen LogP contribution in [0.4, 0.5) is 0 Å². The zero-order chi connectivity index (χ0) is 17.5. The molecule has 0 aliphatic carbocycles. The van der Waals surface area contributed by atoms with Crippen LogP contribution in [0.15, 0.2) is 54.6 Å². The predicted molar refractivity (Wildman–Crippen MR) is 102 cm³/mol. The molecule has 0 aliphatic heterocycles. The van der Waals surface area contributed by atoms with Crippen molar-refractivity contribution in [3.63, 3.8) is 0 Å². The topological polar surface area (TPSA) is 12.5 Å². The minimum absolute atomic E-state index is 0.00595. The van der Waals surface area contributed by atoms with Crippen LogP contribution in [0.25, 0.3) is 0 Å². The summed E-state index contributed by atoms with van der Waals surface area (Å²) in [6, 6.07) is 20.1. The Labute approximate surface area is 147 Å². The monoisotopic (exact) mass is 325 g/mol. The summed E-state index contributed by atoms with van der Waals surface area (Å²) < 4.78 is 6.38. The van der Waals surface area contributed by atoms with E-state index < -0.39 is 0 Å². The van der Waals surface area contributed by atoms with Crippen LogP contribution in [0.3, 0.4) is 0 Å². The van der Waals surface area contributed by atoms with E-state index in [0.29, 0.717) is 12.1 Å². The van der Waals surface area contributed by atoms with Crippen molar-refractivity contribution in [2.75, 3.05) is 13.2 Å². The molecule has 1 atom stereocenters. The second kappa shape index (κ2) is 9.00. The van der Waals surface area contributed by atoms with Crippen molar-refractivity contribution in [2.24, 2.45) is 0 Å². The normalized spacial score (nSPS) is 13.0. The molecule has 0 bridgehead atoms. The first-order valence-corrected chi connectivity index (χ1v) is 8.98. The molecule has 0 radical (unpaired) electrons. The third-order valence-electron chi connectivity index (χ3n) is 4.53. The van der Waals surface area contributed by atoms with E-state index in [1.54, 1.807) is 0 Å². The van der Waals surface area contributed by atoms with Gasteiger partial charge in [0.15, 0.2) is 0 Å². The molecule has 130 valence electrons. The summed E-state index contributed by atoms with van der Waals surface area (Å²) in [6.07, 6.45) is -0.00595. The average Bonchev–Trinajstić information content (AvgIpc) is 2.56. The molecule has 2 rings (SSSR count). The molecule has 2 heteroatoms. The van der Waals surface area contributed by atoms with Crippen molar-refractivity contribution in [1.29, 1.82) is 0 Å². The number of hydrogen-bond acceptors (Lipinski definition) is 2. The zero-order valence-corrected chi connectivity index (χ0v) is 15.7. The van der Waals surface area contributed by atoms with Crippen molar-refractivity contribution in [1.82, 2.24) is 4.90 Å². The van der Waals surface area contributed by atoms with E-state index in [1.807, 2.05) is 0 Å². The standard InChI is InChI=1S/C22H31NO/c1-17(2)23(18(3)4)15-16-24-22(20-12-7-6-8-13-20)21-14-10-9-11-19(21)5/h6-14,17-18,22H,15-16H2,1-5H3/t22-/m1/s1. The van der Waals surface area contributed by atoms with Gasteiger partial charge in [-0.05, 0) is 51.3 Å². The molecule has 0 unspecified atom stereocenters. The number of nitrogens with zero attached hydrogens (tertiary/aromatic N) is 1. The minimum Gasteiger partial charge on any atom is -0.367 e. The van der Waals surface area contributed by atoms with Crippen molar-refractivity contribution in [3.8, 4) is 0 Å². The smallest absolute Gasteiger partial charge is 0.108 e. The van der Waals surface area contributed by atoms with Gasteiger partial charge in [0.1, 0.15) is 6.10 Å². The number of hydrogen-bond donors (Lipinski definition) is 0. The molecule has 0 fully saturated rings. The maximum absolute atomic E-state index is 6.38. The maximum Gasteiger partial charge on any atom is 0.108 e. The zero-order valence-electron chi connectivity index (χ0n) is 15.7. The van der Waals surface area contributed by atoms with Crippen LogP contribution in [-0.4, -0.2) is 30.1 Å². The van der Waals surface area contributed by atoms with Crippen molar-refractivity contribution >= 4 is 0 Å². The molecule has 2 nitrogen and oxygen atoms in total. The van der Waals surface area contributed by atoms with Gasteiger partial charge in [0.2, 0.25) is 0 Å². The van der Waals surface area contributed by atoms with Gasteiger partial charge in [-0.1, -0.05) is 54.6 Å². The van der Waals surface area contributed by atoms with E-state index in [2.05, 4.69) is 94.1 Å². The van der Waals surface area contributed by atoms with Gasteiger partial charge < -0.3 is 4.74 Å². The summed E-state index contributed by atoms with van der Waals surface area (Å²) in [6.45, 7) is 12.8. The van der Waals surface area contributed by atoms with Crippen LogP contribution in [-0.2, 0) is 4.74 Å². The van der Waals surface area contributed by atoms with Gasteiger partial charge in [-0.25, -0.2) is 0 Å². The van der Waals surface area contributed by atoms with Crippen LogP contribution in [0.1, 0.15) is 50.5 Å². The van der Waals surface area contributed by atoms with E-state index in [4.69, 9.17) is 4.74 Å². The Balaban J connectivity index is 2.15. The molecule has 0 N–H and O–H groups in total. The lowest BCUT2D eigenvalue weighted by atomic mass is 9.97. The first-order chi connectivity index (χ1) is 11.5. The summed E-state index contributed by atoms with van der Waals surface area (Å²) in [5.74, 6) is 0. The van der Waals surface area contributed by atoms with Gasteiger partial charge in [-0.15, -0.1) is 0 Å². The van der Waals surface area contributed by atoms with Gasteiger partial charge in [0.05, 0.1) is 6.61 Å². The Bertz CT molecular complexity index is 598. The van der Waals surface area contributed by atoms with E-state index in [-0.39, 0.29) is 6.10 Å². The summed E-state index contributed by atoms with van der Waals surface area (Å²) in [5, 5.41) is 0. The summed E-state index contributed by atoms with van der Waals surface area (Å²) in [4.78, 5) is 2.47. The predicted octanol–water partition coefficient (Wildman–Crippen LogP) is 5.22. The first-order valence-electron chi connectivity index (χ1n) is 8.98. The highest BCUT2D eigenvalue weighted by atomic mass is 16.5. The summed E-state index contributed by atoms with van der Waals surface area (Å²) in [5.41, 5.74) is 3.74. The van der Waals surface area contributed by atoms with Gasteiger partial charge in [-0.3, -0.25) is 4.90 Å². The SMILES string of the molecule is Cc1ccccc1[C@H](OCCN(C(C)C)C(C)C)c1ccccc1. The molecule has 0 spiro atoms. The molecular weight excluding hydrogens is 294 g/mol. The molecule has 2 aromatic carbocycles. The lowest BCUT2D eigenvalue weighted by Gasteiger charge is -2.31. The van der Waals surface area contributed by atoms with E-state index in [9.17, 15) is 0 Å². The second-order valence-electron chi connectivity index (χ2n) is 6.94. The molecular formula is C22H31NO. The van der Waals surface area contributed by atoms with Crippen molar-refractivity contribution in [3.05, 3.63) is 71.3 Å². The van der Waals surface area contributed by atoms with Gasteiger partial charge in [0, 0.05) is 18.6 Å². The summed E-state index contributed by atoms with van der Waals surface area (Å²) in [7, 11) is 0. The molecule has 0 aliphatic rings. The fourth-order valence-electron chi connectivity index (χ4n) is 3.26. The molecule has 24 heavy (non-hydrogen) atoms. The van der Waals surface area contributed by atoms with Crippen LogP contribution in [0, 0.1) is 6.92 Å². The lowest BCUT2D eigenvalue weighted by molar-refractivity contribution is 0.0438. The Kier molecular flexibility index (Phi) is 7.01. The molecule has 0 heterocycles. The second-order valence-corrected chi connectivity index (χ2v) is 6.94. The molecule has 0 aromatic heterocycles. The highest BCUT2D eigenvalue weighted by Gasteiger charge is 2.18. The van der Waals surface area contributed by atoms with E-state index >= 15 is 0 Å². The highest BCUT2D eigenvalue weighted by molar-refractivity contribution is 5.35. The Hall–Kier alpha value is -1.64. The van der Waals surface area contributed by atoms with E-state index in [1.165, 1.54) is 16.7 Å². The molecule has 0 saturated heterocycles. The average molecular weight is 325 g/mol. The van der Waals surface area contributed by atoms with Gasteiger partial charge in [-0.2, -0.15) is 0 Å². The Morgan fingerprint density at radius 2 is 1.42 bits per heavy atom. The Morgan fingerprint density at radius 3 is 2.00 bits per heavy atom. The van der Waals surface area contributed by atoms with Gasteiger partial charge in [0.25, 0.3) is 0 Å². The van der Waals surface area contributed by atoms with E-state index in [0.717, 1.165) is 13.2 Å². The quantitative estimate of drug-likeness (QED) is 0.660. The van der Waals surface area contributed by atoms with Crippen LogP contribution >= 0.6 is 0 Å². The maximum atomic E-state index is 6.38. The van der Waals surface area contributed by atoms with Gasteiger partial charge >= 0.3 is 0 Å². The number of benzene rings is 2. The number of rotatable bonds is 8. The fourth-order valence-corrected chi connectivity index (χ4v) is 3.26. The molecule has 2 aromatic rings. The Morgan fingerprint density at radius 1 is 0.833 bits per heavy atom. The van der Waals surface area contributed by atoms with Crippen molar-refractivity contribution < 1.29 is 4.74 Å². The fraction of sp³-hybridized carbons (Fsp3) is 0.455. The van der Waals surface area contributed by atoms with Crippen LogP contribution < -0.4 is 0 Å². The number of aryl methyl sites for hydroxylation is 1.